The van der Waals surface area contributed by atoms with Gasteiger partial charge in [-0.3, -0.25) is 5.41 Å². The molecule has 5 N–H and O–H groups in total. The smallest absolute Gasteiger partial charge is 0.194 e. The average molecular weight is 230 g/mol. The van der Waals surface area contributed by atoms with E-state index in [-0.39, 0.29) is 11.1 Å². The largest absolute Gasteiger partial charge is 0.376 e. The molecule has 0 bridgehead atoms. The maximum Gasteiger partial charge on any atom is 0.194 e. The Kier molecular flexibility index (Phi) is 9.16. The van der Waals surface area contributed by atoms with Crippen LogP contribution in [0.15, 0.2) is 0 Å². The van der Waals surface area contributed by atoms with Gasteiger partial charge < -0.3 is 16.4 Å². The van der Waals surface area contributed by atoms with Gasteiger partial charge in [-0.05, 0) is 18.6 Å². The molecule has 0 aliphatic rings. The van der Waals surface area contributed by atoms with Crippen molar-refractivity contribution < 1.29 is 0 Å². The van der Waals surface area contributed by atoms with Gasteiger partial charge in [-0.2, -0.15) is 0 Å². The predicted octanol–water partition coefficient (Wildman–Crippen LogP) is 1.70. The van der Waals surface area contributed by atoms with Crippen LogP contribution in [0.25, 0.3) is 0 Å². The highest BCUT2D eigenvalue weighted by molar-refractivity contribution is 7.80. The summed E-state index contributed by atoms with van der Waals surface area (Å²) in [4.78, 5) is 0. The van der Waals surface area contributed by atoms with Crippen LogP contribution in [-0.4, -0.2) is 17.6 Å². The zero-order valence-electron chi connectivity index (χ0n) is 9.44. The molecule has 0 spiro atoms. The maximum absolute atomic E-state index is 7.38. The zero-order valence-corrected chi connectivity index (χ0v) is 10.3. The number of hydrogen-bond donors (Lipinski definition) is 4. The first kappa shape index (κ1) is 14.2. The molecule has 5 heteroatoms. The van der Waals surface area contributed by atoms with Gasteiger partial charge in [0.05, 0.1) is 0 Å². The molecule has 0 rings (SSSR count). The number of guanidine groups is 1. The van der Waals surface area contributed by atoms with Crippen molar-refractivity contribution in [2.45, 2.75) is 45.4 Å². The lowest BCUT2D eigenvalue weighted by Gasteiger charge is -2.08. The number of unbranched alkanes of at least 4 members (excludes halogenated alkanes) is 5. The standard InChI is InChI=1S/C10H22N4S/c1-2-3-4-5-6-7-8-13-9(11)14-10(12)15/h2-8H2,1H3,(H5,11,12,13,14,15). The van der Waals surface area contributed by atoms with Crippen LogP contribution in [0.5, 0.6) is 0 Å². The minimum absolute atomic E-state index is 0.135. The minimum Gasteiger partial charge on any atom is -0.376 e. The number of hydrogen-bond acceptors (Lipinski definition) is 2. The Morgan fingerprint density at radius 1 is 1.20 bits per heavy atom. The average Bonchev–Trinajstić information content (AvgIpc) is 2.15. The van der Waals surface area contributed by atoms with Gasteiger partial charge in [0.15, 0.2) is 11.1 Å². The third kappa shape index (κ3) is 11.1. The van der Waals surface area contributed by atoms with Gasteiger partial charge in [-0.1, -0.05) is 39.0 Å². The number of thiocarbonyl (C=S) groups is 1. The van der Waals surface area contributed by atoms with E-state index in [1.165, 1.54) is 32.1 Å². The van der Waals surface area contributed by atoms with E-state index < -0.39 is 0 Å². The van der Waals surface area contributed by atoms with E-state index in [1.54, 1.807) is 0 Å². The molecule has 88 valence electrons. The van der Waals surface area contributed by atoms with Crippen LogP contribution in [0.2, 0.25) is 0 Å². The van der Waals surface area contributed by atoms with Crippen molar-refractivity contribution >= 4 is 23.3 Å². The first-order valence-electron chi connectivity index (χ1n) is 5.55. The van der Waals surface area contributed by atoms with Gasteiger partial charge in [0.25, 0.3) is 0 Å². The molecule has 0 heterocycles. The highest BCUT2D eigenvalue weighted by Gasteiger charge is 1.95. The molecule has 0 aromatic heterocycles. The summed E-state index contributed by atoms with van der Waals surface area (Å²) in [6.07, 6.45) is 7.51. The van der Waals surface area contributed by atoms with Gasteiger partial charge in [-0.25, -0.2) is 0 Å². The Bertz CT molecular complexity index is 194. The minimum atomic E-state index is 0.135. The third-order valence-corrected chi connectivity index (χ3v) is 2.18. The fourth-order valence-electron chi connectivity index (χ4n) is 1.29. The van der Waals surface area contributed by atoms with Crippen LogP contribution in [0, 0.1) is 5.41 Å². The van der Waals surface area contributed by atoms with Crippen molar-refractivity contribution in [3.63, 3.8) is 0 Å². The highest BCUT2D eigenvalue weighted by Crippen LogP contribution is 2.03. The maximum atomic E-state index is 7.38. The van der Waals surface area contributed by atoms with Crippen LogP contribution in [0.1, 0.15) is 45.4 Å². The summed E-state index contributed by atoms with van der Waals surface area (Å²) in [5, 5.41) is 13.0. The van der Waals surface area contributed by atoms with Crippen molar-refractivity contribution in [1.82, 2.24) is 10.6 Å². The first-order valence-corrected chi connectivity index (χ1v) is 5.96. The highest BCUT2D eigenvalue weighted by atomic mass is 32.1. The molecule has 0 aliphatic heterocycles. The SMILES string of the molecule is CCCCCCCCNC(=N)NC(N)=S. The van der Waals surface area contributed by atoms with Gasteiger partial charge >= 0.3 is 0 Å². The second-order valence-electron chi connectivity index (χ2n) is 3.56. The summed E-state index contributed by atoms with van der Waals surface area (Å²) in [7, 11) is 0. The first-order chi connectivity index (χ1) is 7.16. The molecule has 0 unspecified atom stereocenters. The lowest BCUT2D eigenvalue weighted by Crippen LogP contribution is -2.42. The van der Waals surface area contributed by atoms with E-state index >= 15 is 0 Å². The van der Waals surface area contributed by atoms with Crippen molar-refractivity contribution in [2.24, 2.45) is 5.73 Å². The fourth-order valence-corrected chi connectivity index (χ4v) is 1.39. The molecule has 0 saturated heterocycles. The van der Waals surface area contributed by atoms with E-state index in [0.29, 0.717) is 0 Å². The van der Waals surface area contributed by atoms with E-state index in [4.69, 9.17) is 11.1 Å². The molecule has 0 aromatic rings. The van der Waals surface area contributed by atoms with Gasteiger partial charge in [-0.15, -0.1) is 0 Å². The van der Waals surface area contributed by atoms with Crippen LogP contribution >= 0.6 is 12.2 Å². The molecule has 15 heavy (non-hydrogen) atoms. The summed E-state index contributed by atoms with van der Waals surface area (Å²) < 4.78 is 0. The Labute approximate surface area is 97.5 Å². The fraction of sp³-hybridized carbons (Fsp3) is 0.800. The second kappa shape index (κ2) is 9.71. The third-order valence-electron chi connectivity index (χ3n) is 2.08. The molecule has 0 amide bonds. The second-order valence-corrected chi connectivity index (χ2v) is 4.00. The molecular weight excluding hydrogens is 208 g/mol. The monoisotopic (exact) mass is 230 g/mol. The molecule has 0 aliphatic carbocycles. The van der Waals surface area contributed by atoms with E-state index in [0.717, 1.165) is 13.0 Å². The summed E-state index contributed by atoms with van der Waals surface area (Å²) in [5.41, 5.74) is 5.22. The molecule has 0 atom stereocenters. The lowest BCUT2D eigenvalue weighted by atomic mass is 10.1. The quantitative estimate of drug-likeness (QED) is 0.232. The Morgan fingerprint density at radius 3 is 2.40 bits per heavy atom. The van der Waals surface area contributed by atoms with Crippen LogP contribution in [0.4, 0.5) is 0 Å². The summed E-state index contributed by atoms with van der Waals surface area (Å²) in [6, 6.07) is 0. The molecular formula is C10H22N4S. The van der Waals surface area contributed by atoms with E-state index in [1.807, 2.05) is 0 Å². The molecule has 0 fully saturated rings. The van der Waals surface area contributed by atoms with E-state index in [9.17, 15) is 0 Å². The molecule has 0 radical (unpaired) electrons. The predicted molar refractivity (Wildman–Crippen MR) is 69.0 cm³/mol. The van der Waals surface area contributed by atoms with Crippen molar-refractivity contribution in [3.05, 3.63) is 0 Å². The summed E-state index contributed by atoms with van der Waals surface area (Å²) >= 11 is 4.61. The van der Waals surface area contributed by atoms with Crippen LogP contribution in [-0.2, 0) is 0 Å². The van der Waals surface area contributed by atoms with Crippen molar-refractivity contribution in [1.29, 1.82) is 5.41 Å². The Morgan fingerprint density at radius 2 is 1.80 bits per heavy atom. The molecule has 0 aromatic carbocycles. The normalized spacial score (nSPS) is 9.67. The van der Waals surface area contributed by atoms with Gasteiger partial charge in [0.2, 0.25) is 0 Å². The van der Waals surface area contributed by atoms with Crippen molar-refractivity contribution in [2.75, 3.05) is 6.54 Å². The summed E-state index contributed by atoms with van der Waals surface area (Å²) in [5.74, 6) is 0.191. The van der Waals surface area contributed by atoms with Crippen LogP contribution < -0.4 is 16.4 Å². The topological polar surface area (TPSA) is 73.9 Å². The molecule has 0 saturated carbocycles. The Balaban J connectivity index is 3.16. The van der Waals surface area contributed by atoms with E-state index in [2.05, 4.69) is 29.8 Å². The summed E-state index contributed by atoms with van der Waals surface area (Å²) in [6.45, 7) is 3.02. The molecule has 4 nitrogen and oxygen atoms in total. The zero-order chi connectivity index (χ0) is 11.5. The Hall–Kier alpha value is -0.840. The van der Waals surface area contributed by atoms with Gasteiger partial charge in [0.1, 0.15) is 0 Å². The van der Waals surface area contributed by atoms with Gasteiger partial charge in [0, 0.05) is 6.54 Å². The van der Waals surface area contributed by atoms with Crippen molar-refractivity contribution in [3.8, 4) is 0 Å². The number of nitrogens with one attached hydrogen (secondary N) is 3. The van der Waals surface area contributed by atoms with Crippen LogP contribution in [0.3, 0.4) is 0 Å². The number of nitrogens with two attached hydrogens (primary N) is 1. The number of rotatable bonds is 7. The lowest BCUT2D eigenvalue weighted by molar-refractivity contribution is 0.601.